The molecule has 0 fully saturated rings. The van der Waals surface area contributed by atoms with Gasteiger partial charge in [0.05, 0.1) is 11.1 Å². The number of pyridine rings is 1. The fourth-order valence-corrected chi connectivity index (χ4v) is 2.38. The van der Waals surface area contributed by atoms with Gasteiger partial charge in [-0.2, -0.15) is 5.26 Å². The van der Waals surface area contributed by atoms with E-state index >= 15 is 0 Å². The van der Waals surface area contributed by atoms with Crippen LogP contribution in [-0.2, 0) is 6.42 Å². The first-order valence-electron chi connectivity index (χ1n) is 7.02. The van der Waals surface area contributed by atoms with E-state index < -0.39 is 0 Å². The van der Waals surface area contributed by atoms with Crippen molar-refractivity contribution in [3.8, 4) is 6.07 Å². The Kier molecular flexibility index (Phi) is 4.54. The van der Waals surface area contributed by atoms with Crippen molar-refractivity contribution in [3.63, 3.8) is 0 Å². The van der Waals surface area contributed by atoms with Gasteiger partial charge in [0.1, 0.15) is 11.9 Å². The molecule has 0 aliphatic heterocycles. The Balaban J connectivity index is 2.57. The zero-order valence-electron chi connectivity index (χ0n) is 12.1. The van der Waals surface area contributed by atoms with Crippen LogP contribution in [0.15, 0.2) is 24.3 Å². The SMILES string of the molecule is CCN(CC)c1nc2ccc(CCN)cc2cc1C#N. The highest BCUT2D eigenvalue weighted by atomic mass is 15.2. The number of rotatable bonds is 5. The second-order valence-corrected chi connectivity index (χ2v) is 4.71. The van der Waals surface area contributed by atoms with Gasteiger partial charge < -0.3 is 10.6 Å². The second kappa shape index (κ2) is 6.36. The molecular weight excluding hydrogens is 248 g/mol. The molecule has 4 heteroatoms. The molecule has 0 saturated heterocycles. The van der Waals surface area contributed by atoms with Gasteiger partial charge in [-0.25, -0.2) is 4.98 Å². The van der Waals surface area contributed by atoms with Crippen molar-refractivity contribution < 1.29 is 0 Å². The minimum Gasteiger partial charge on any atom is -0.356 e. The summed E-state index contributed by atoms with van der Waals surface area (Å²) in [5, 5.41) is 10.4. The Bertz CT molecular complexity index is 639. The van der Waals surface area contributed by atoms with Crippen LogP contribution >= 0.6 is 0 Å². The quantitative estimate of drug-likeness (QED) is 0.904. The number of nitrogens with two attached hydrogens (primary N) is 1. The van der Waals surface area contributed by atoms with E-state index in [4.69, 9.17) is 5.73 Å². The molecule has 0 radical (unpaired) electrons. The number of nitrogens with zero attached hydrogens (tertiary/aromatic N) is 3. The Morgan fingerprint density at radius 1 is 1.25 bits per heavy atom. The Hall–Kier alpha value is -2.12. The summed E-state index contributed by atoms with van der Waals surface area (Å²) in [5.41, 5.74) is 8.32. The first kappa shape index (κ1) is 14.3. The zero-order chi connectivity index (χ0) is 14.5. The van der Waals surface area contributed by atoms with Crippen molar-refractivity contribution in [1.82, 2.24) is 4.98 Å². The standard InChI is InChI=1S/C16H20N4/c1-3-20(4-2)16-14(11-18)10-13-9-12(7-8-17)5-6-15(13)19-16/h5-6,9-10H,3-4,7-8,17H2,1-2H3. The number of hydrogen-bond donors (Lipinski definition) is 1. The van der Waals surface area contributed by atoms with Gasteiger partial charge in [-0.1, -0.05) is 6.07 Å². The number of fused-ring (bicyclic) bond motifs is 1. The van der Waals surface area contributed by atoms with Crippen LogP contribution in [-0.4, -0.2) is 24.6 Å². The molecule has 0 saturated carbocycles. The van der Waals surface area contributed by atoms with Crippen molar-refractivity contribution >= 4 is 16.7 Å². The maximum absolute atomic E-state index is 9.35. The molecule has 0 spiro atoms. The summed E-state index contributed by atoms with van der Waals surface area (Å²) in [7, 11) is 0. The molecule has 0 aliphatic rings. The third-order valence-electron chi connectivity index (χ3n) is 3.48. The summed E-state index contributed by atoms with van der Waals surface area (Å²) < 4.78 is 0. The van der Waals surface area contributed by atoms with Gasteiger partial charge in [-0.15, -0.1) is 0 Å². The average molecular weight is 268 g/mol. The van der Waals surface area contributed by atoms with Crippen LogP contribution < -0.4 is 10.6 Å². The largest absolute Gasteiger partial charge is 0.356 e. The first-order chi connectivity index (χ1) is 9.73. The highest BCUT2D eigenvalue weighted by molar-refractivity contribution is 5.83. The molecule has 2 rings (SSSR count). The van der Waals surface area contributed by atoms with Crippen LogP contribution in [0.25, 0.3) is 10.9 Å². The van der Waals surface area contributed by atoms with Gasteiger partial charge in [0.25, 0.3) is 0 Å². The van der Waals surface area contributed by atoms with E-state index in [0.717, 1.165) is 36.2 Å². The van der Waals surface area contributed by atoms with Crippen molar-refractivity contribution in [2.45, 2.75) is 20.3 Å². The predicted octanol–water partition coefficient (Wildman–Crippen LogP) is 2.45. The lowest BCUT2D eigenvalue weighted by Crippen LogP contribution is -2.24. The molecule has 104 valence electrons. The number of aromatic nitrogens is 1. The smallest absolute Gasteiger partial charge is 0.147 e. The molecule has 0 bridgehead atoms. The van der Waals surface area contributed by atoms with E-state index in [-0.39, 0.29) is 0 Å². The predicted molar refractivity (Wildman–Crippen MR) is 82.8 cm³/mol. The fraction of sp³-hybridized carbons (Fsp3) is 0.375. The summed E-state index contributed by atoms with van der Waals surface area (Å²) >= 11 is 0. The lowest BCUT2D eigenvalue weighted by Gasteiger charge is -2.21. The summed E-state index contributed by atoms with van der Waals surface area (Å²) in [6, 6.07) is 10.3. The minimum absolute atomic E-state index is 0.627. The Morgan fingerprint density at radius 2 is 2.00 bits per heavy atom. The zero-order valence-corrected chi connectivity index (χ0v) is 12.1. The van der Waals surface area contributed by atoms with Gasteiger partial charge in [-0.3, -0.25) is 0 Å². The minimum atomic E-state index is 0.627. The van der Waals surface area contributed by atoms with Gasteiger partial charge in [0.2, 0.25) is 0 Å². The number of anilines is 1. The number of hydrogen-bond acceptors (Lipinski definition) is 4. The third kappa shape index (κ3) is 2.73. The molecule has 0 unspecified atom stereocenters. The molecule has 2 aromatic rings. The molecule has 1 aromatic heterocycles. The normalized spacial score (nSPS) is 10.5. The second-order valence-electron chi connectivity index (χ2n) is 4.71. The lowest BCUT2D eigenvalue weighted by atomic mass is 10.1. The van der Waals surface area contributed by atoms with E-state index in [1.807, 2.05) is 12.1 Å². The summed E-state index contributed by atoms with van der Waals surface area (Å²) in [6.07, 6.45) is 0.843. The van der Waals surface area contributed by atoms with E-state index in [9.17, 15) is 5.26 Å². The third-order valence-corrected chi connectivity index (χ3v) is 3.48. The first-order valence-corrected chi connectivity index (χ1v) is 7.02. The van der Waals surface area contributed by atoms with Gasteiger partial charge in [-0.05, 0) is 50.6 Å². The molecule has 0 amide bonds. The highest BCUT2D eigenvalue weighted by Gasteiger charge is 2.12. The monoisotopic (exact) mass is 268 g/mol. The fourth-order valence-electron chi connectivity index (χ4n) is 2.38. The van der Waals surface area contributed by atoms with Gasteiger partial charge >= 0.3 is 0 Å². The van der Waals surface area contributed by atoms with Crippen LogP contribution in [0.3, 0.4) is 0 Å². The molecule has 0 atom stereocenters. The molecule has 1 aromatic carbocycles. The van der Waals surface area contributed by atoms with Crippen molar-refractivity contribution in [2.75, 3.05) is 24.5 Å². The van der Waals surface area contributed by atoms with Crippen LogP contribution in [0.5, 0.6) is 0 Å². The van der Waals surface area contributed by atoms with Crippen molar-refractivity contribution in [2.24, 2.45) is 5.73 Å². The van der Waals surface area contributed by atoms with Crippen LogP contribution in [0, 0.1) is 11.3 Å². The molecule has 1 heterocycles. The van der Waals surface area contributed by atoms with Crippen LogP contribution in [0.4, 0.5) is 5.82 Å². The summed E-state index contributed by atoms with van der Waals surface area (Å²) in [6.45, 7) is 6.45. The van der Waals surface area contributed by atoms with Crippen molar-refractivity contribution in [3.05, 3.63) is 35.4 Å². The van der Waals surface area contributed by atoms with Crippen LogP contribution in [0.2, 0.25) is 0 Å². The molecule has 2 N–H and O–H groups in total. The molecular formula is C16H20N4. The lowest BCUT2D eigenvalue weighted by molar-refractivity contribution is 0.847. The molecule has 4 nitrogen and oxygen atoms in total. The van der Waals surface area contributed by atoms with E-state index in [2.05, 4.69) is 41.9 Å². The number of nitriles is 1. The maximum atomic E-state index is 9.35. The Morgan fingerprint density at radius 3 is 2.60 bits per heavy atom. The number of benzene rings is 1. The summed E-state index contributed by atoms with van der Waals surface area (Å²) in [5.74, 6) is 0.775. The summed E-state index contributed by atoms with van der Waals surface area (Å²) in [4.78, 5) is 6.76. The van der Waals surface area contributed by atoms with Gasteiger partial charge in [0, 0.05) is 18.5 Å². The topological polar surface area (TPSA) is 65.9 Å². The molecule has 20 heavy (non-hydrogen) atoms. The van der Waals surface area contributed by atoms with Crippen LogP contribution in [0.1, 0.15) is 25.0 Å². The average Bonchev–Trinajstić information content (AvgIpc) is 2.48. The van der Waals surface area contributed by atoms with E-state index in [1.165, 1.54) is 5.56 Å². The Labute approximate surface area is 119 Å². The van der Waals surface area contributed by atoms with E-state index in [0.29, 0.717) is 12.1 Å². The van der Waals surface area contributed by atoms with Gasteiger partial charge in [0.15, 0.2) is 0 Å². The highest BCUT2D eigenvalue weighted by Crippen LogP contribution is 2.24. The van der Waals surface area contributed by atoms with E-state index in [1.54, 1.807) is 0 Å². The molecule has 0 aliphatic carbocycles. The maximum Gasteiger partial charge on any atom is 0.147 e. The van der Waals surface area contributed by atoms with Crippen molar-refractivity contribution in [1.29, 1.82) is 5.26 Å².